The minimum absolute atomic E-state index is 0.278. The van der Waals surface area contributed by atoms with Gasteiger partial charge >= 0.3 is 0 Å². The van der Waals surface area contributed by atoms with Crippen molar-refractivity contribution in [1.29, 1.82) is 10.5 Å². The second-order valence-electron chi connectivity index (χ2n) is 2.99. The van der Waals surface area contributed by atoms with E-state index < -0.39 is 0 Å². The topological polar surface area (TPSA) is 104 Å². The maximum Gasteiger partial charge on any atom is 0.172 e. The van der Waals surface area contributed by atoms with E-state index in [9.17, 15) is 0 Å². The molecule has 0 aromatic carbocycles. The van der Waals surface area contributed by atoms with Gasteiger partial charge in [-0.25, -0.2) is 9.67 Å². The first kappa shape index (κ1) is 9.69. The minimum atomic E-state index is 0.278. The molecule has 6 heteroatoms. The Hall–Kier alpha value is -2.86. The number of nitrogen functional groups attached to an aromatic ring is 1. The summed E-state index contributed by atoms with van der Waals surface area (Å²) in [5, 5.41) is 21.7. The van der Waals surface area contributed by atoms with E-state index in [0.29, 0.717) is 17.2 Å². The monoisotopic (exact) mass is 210 g/mol. The van der Waals surface area contributed by atoms with Crippen molar-refractivity contribution < 1.29 is 0 Å². The van der Waals surface area contributed by atoms with Crippen molar-refractivity contribution in [3.63, 3.8) is 0 Å². The molecule has 0 saturated carbocycles. The molecule has 0 spiro atoms. The molecule has 6 nitrogen and oxygen atoms in total. The lowest BCUT2D eigenvalue weighted by molar-refractivity contribution is 0.831. The van der Waals surface area contributed by atoms with Crippen LogP contribution in [0.1, 0.15) is 11.3 Å². The summed E-state index contributed by atoms with van der Waals surface area (Å²) >= 11 is 0. The van der Waals surface area contributed by atoms with Crippen molar-refractivity contribution in [1.82, 2.24) is 14.8 Å². The van der Waals surface area contributed by atoms with Crippen LogP contribution >= 0.6 is 0 Å². The van der Waals surface area contributed by atoms with Crippen molar-refractivity contribution in [2.45, 2.75) is 0 Å². The largest absolute Gasteiger partial charge is 0.397 e. The van der Waals surface area contributed by atoms with Crippen LogP contribution in [0.5, 0.6) is 0 Å². The minimum Gasteiger partial charge on any atom is -0.397 e. The van der Waals surface area contributed by atoms with Crippen LogP contribution in [-0.4, -0.2) is 14.8 Å². The molecular weight excluding hydrogens is 204 g/mol. The zero-order valence-electron chi connectivity index (χ0n) is 8.12. The highest BCUT2D eigenvalue weighted by atomic mass is 15.3. The van der Waals surface area contributed by atoms with E-state index in [0.717, 1.165) is 0 Å². The number of nitriles is 2. The second kappa shape index (κ2) is 3.71. The van der Waals surface area contributed by atoms with Gasteiger partial charge in [0, 0.05) is 0 Å². The van der Waals surface area contributed by atoms with E-state index in [4.69, 9.17) is 16.3 Å². The first-order valence-electron chi connectivity index (χ1n) is 4.36. The van der Waals surface area contributed by atoms with Crippen LogP contribution in [0.2, 0.25) is 0 Å². The number of pyridine rings is 1. The molecule has 0 amide bonds. The smallest absolute Gasteiger partial charge is 0.172 e. The number of rotatable bonds is 1. The van der Waals surface area contributed by atoms with Gasteiger partial charge in [-0.15, -0.1) is 0 Å². The molecule has 2 heterocycles. The Morgan fingerprint density at radius 2 is 2.12 bits per heavy atom. The Bertz CT molecular complexity index is 613. The molecule has 0 fully saturated rings. The summed E-state index contributed by atoms with van der Waals surface area (Å²) in [5.74, 6) is 0.304. The summed E-state index contributed by atoms with van der Waals surface area (Å²) in [6.45, 7) is 0. The fraction of sp³-hybridized carbons (Fsp3) is 0. The van der Waals surface area contributed by atoms with E-state index in [-0.39, 0.29) is 5.56 Å². The van der Waals surface area contributed by atoms with Crippen molar-refractivity contribution in [2.24, 2.45) is 0 Å². The second-order valence-corrected chi connectivity index (χ2v) is 2.99. The summed E-state index contributed by atoms with van der Waals surface area (Å²) in [5.41, 5.74) is 6.50. The molecule has 0 unspecified atom stereocenters. The van der Waals surface area contributed by atoms with Crippen LogP contribution in [0.15, 0.2) is 24.5 Å². The Labute approximate surface area is 91.2 Å². The Balaban J connectivity index is 2.67. The molecule has 2 rings (SSSR count). The highest BCUT2D eigenvalue weighted by molar-refractivity contribution is 5.52. The number of nitrogens with two attached hydrogens (primary N) is 1. The molecule has 2 aromatic heterocycles. The SMILES string of the molecule is N#Cc1cc(N)cnc1-n1nccc1C#N. The average molecular weight is 210 g/mol. The summed E-state index contributed by atoms with van der Waals surface area (Å²) in [7, 11) is 0. The third kappa shape index (κ3) is 1.45. The van der Waals surface area contributed by atoms with E-state index in [2.05, 4.69) is 10.1 Å². The highest BCUT2D eigenvalue weighted by Gasteiger charge is 2.10. The third-order valence-electron chi connectivity index (χ3n) is 1.97. The quantitative estimate of drug-likeness (QED) is 0.741. The molecule has 0 atom stereocenters. The first-order valence-corrected chi connectivity index (χ1v) is 4.36. The van der Waals surface area contributed by atoms with E-state index >= 15 is 0 Å². The molecular formula is C10H6N6. The Morgan fingerprint density at radius 1 is 1.31 bits per heavy atom. The lowest BCUT2D eigenvalue weighted by atomic mass is 10.2. The molecule has 76 valence electrons. The Kier molecular flexibility index (Phi) is 2.25. The van der Waals surface area contributed by atoms with Gasteiger partial charge in [-0.1, -0.05) is 0 Å². The zero-order valence-corrected chi connectivity index (χ0v) is 8.12. The van der Waals surface area contributed by atoms with Gasteiger partial charge in [0.15, 0.2) is 5.82 Å². The Morgan fingerprint density at radius 3 is 2.81 bits per heavy atom. The standard InChI is InChI=1S/C10H6N6/c11-4-7-3-8(13)6-14-10(7)16-9(5-12)1-2-15-16/h1-3,6H,13H2. The van der Waals surface area contributed by atoms with Crippen LogP contribution in [0.4, 0.5) is 5.69 Å². The molecule has 0 bridgehead atoms. The van der Waals surface area contributed by atoms with Crippen LogP contribution in [0.3, 0.4) is 0 Å². The van der Waals surface area contributed by atoms with Gasteiger partial charge in [-0.2, -0.15) is 15.6 Å². The summed E-state index contributed by atoms with van der Waals surface area (Å²) in [6.07, 6.45) is 2.89. The molecule has 0 aliphatic rings. The lowest BCUT2D eigenvalue weighted by Gasteiger charge is -2.04. The predicted octanol–water partition coefficient (Wildman–Crippen LogP) is 0.593. The molecule has 0 aliphatic carbocycles. The normalized spacial score (nSPS) is 9.38. The number of hydrogen-bond donors (Lipinski definition) is 1. The van der Waals surface area contributed by atoms with E-state index in [1.807, 2.05) is 12.1 Å². The summed E-state index contributed by atoms with van der Waals surface area (Å²) in [6, 6.07) is 6.96. The third-order valence-corrected chi connectivity index (χ3v) is 1.97. The van der Waals surface area contributed by atoms with Gasteiger partial charge in [0.05, 0.1) is 23.6 Å². The van der Waals surface area contributed by atoms with Gasteiger partial charge in [0.25, 0.3) is 0 Å². The molecule has 2 N–H and O–H groups in total. The molecule has 2 aromatic rings. The fourth-order valence-electron chi connectivity index (χ4n) is 1.28. The summed E-state index contributed by atoms with van der Waals surface area (Å²) < 4.78 is 1.30. The van der Waals surface area contributed by atoms with Crippen molar-refractivity contribution in [2.75, 3.05) is 5.73 Å². The van der Waals surface area contributed by atoms with Crippen molar-refractivity contribution in [3.8, 4) is 18.0 Å². The van der Waals surface area contributed by atoms with Gasteiger partial charge in [-0.3, -0.25) is 0 Å². The van der Waals surface area contributed by atoms with Crippen LogP contribution in [-0.2, 0) is 0 Å². The lowest BCUT2D eigenvalue weighted by Crippen LogP contribution is -2.05. The van der Waals surface area contributed by atoms with Crippen molar-refractivity contribution >= 4 is 5.69 Å². The van der Waals surface area contributed by atoms with Gasteiger partial charge < -0.3 is 5.73 Å². The van der Waals surface area contributed by atoms with E-state index in [1.165, 1.54) is 23.1 Å². The van der Waals surface area contributed by atoms with E-state index in [1.54, 1.807) is 6.07 Å². The number of aromatic nitrogens is 3. The first-order chi connectivity index (χ1) is 7.76. The average Bonchev–Trinajstić information content (AvgIpc) is 2.76. The maximum atomic E-state index is 8.94. The van der Waals surface area contributed by atoms with Gasteiger partial charge in [-0.05, 0) is 12.1 Å². The van der Waals surface area contributed by atoms with Gasteiger partial charge in [0.2, 0.25) is 0 Å². The maximum absolute atomic E-state index is 8.94. The van der Waals surface area contributed by atoms with Gasteiger partial charge in [0.1, 0.15) is 17.8 Å². The summed E-state index contributed by atoms with van der Waals surface area (Å²) in [4.78, 5) is 4.00. The molecule has 16 heavy (non-hydrogen) atoms. The molecule has 0 radical (unpaired) electrons. The number of nitrogens with zero attached hydrogens (tertiary/aromatic N) is 5. The zero-order chi connectivity index (χ0) is 11.5. The fourth-order valence-corrected chi connectivity index (χ4v) is 1.28. The van der Waals surface area contributed by atoms with Crippen molar-refractivity contribution in [3.05, 3.63) is 35.8 Å². The predicted molar refractivity (Wildman–Crippen MR) is 55.2 cm³/mol. The molecule has 0 aliphatic heterocycles. The van der Waals surface area contributed by atoms with Crippen LogP contribution in [0.25, 0.3) is 5.82 Å². The van der Waals surface area contributed by atoms with Crippen LogP contribution in [0, 0.1) is 22.7 Å². The highest BCUT2D eigenvalue weighted by Crippen LogP contribution is 2.14. The number of anilines is 1. The number of hydrogen-bond acceptors (Lipinski definition) is 5. The molecule has 0 saturated heterocycles. The van der Waals surface area contributed by atoms with Crippen LogP contribution < -0.4 is 5.73 Å².